The van der Waals surface area contributed by atoms with Crippen LogP contribution in [0.2, 0.25) is 0 Å². The van der Waals surface area contributed by atoms with Gasteiger partial charge in [-0.2, -0.15) is 0 Å². The third-order valence-corrected chi connectivity index (χ3v) is 5.67. The van der Waals surface area contributed by atoms with E-state index in [0.717, 1.165) is 0 Å². The van der Waals surface area contributed by atoms with E-state index in [0.29, 0.717) is 24.9 Å². The first-order valence-corrected chi connectivity index (χ1v) is 11.6. The lowest BCUT2D eigenvalue weighted by Gasteiger charge is -2.35. The molecule has 3 atom stereocenters. The Morgan fingerprint density at radius 2 is 1.85 bits per heavy atom. The van der Waals surface area contributed by atoms with E-state index < -0.39 is 35.9 Å². The molecule has 0 saturated carbocycles. The summed E-state index contributed by atoms with van der Waals surface area (Å²) in [5.41, 5.74) is 3.54. The van der Waals surface area contributed by atoms with Gasteiger partial charge in [0.25, 0.3) is 5.91 Å². The van der Waals surface area contributed by atoms with E-state index in [-0.39, 0.29) is 29.9 Å². The van der Waals surface area contributed by atoms with E-state index >= 15 is 0 Å². The van der Waals surface area contributed by atoms with Crippen LogP contribution < -0.4 is 16.1 Å². The fraction of sp³-hybridized carbons (Fsp3) is 0.583. The predicted octanol–water partition coefficient (Wildman–Crippen LogP) is 0.885. The molecule has 1 aliphatic rings. The minimum Gasteiger partial charge on any atom is -0.508 e. The number of ether oxygens (including phenoxy) is 1. The second kappa shape index (κ2) is 12.4. The summed E-state index contributed by atoms with van der Waals surface area (Å²) < 4.78 is 4.79. The lowest BCUT2D eigenvalue weighted by Crippen LogP contribution is -2.62. The Kier molecular flexibility index (Phi) is 9.85. The van der Waals surface area contributed by atoms with Gasteiger partial charge in [-0.3, -0.25) is 24.2 Å². The van der Waals surface area contributed by atoms with Crippen molar-refractivity contribution in [1.82, 2.24) is 21.1 Å². The molecule has 10 heteroatoms. The van der Waals surface area contributed by atoms with Crippen LogP contribution in [0, 0.1) is 11.8 Å². The van der Waals surface area contributed by atoms with Crippen molar-refractivity contribution in [2.75, 3.05) is 13.7 Å². The number of hydrogen-bond donors (Lipinski definition) is 4. The number of amides is 3. The summed E-state index contributed by atoms with van der Waals surface area (Å²) in [5.74, 6) is -2.11. The van der Waals surface area contributed by atoms with Gasteiger partial charge in [0, 0.05) is 18.9 Å². The zero-order valence-electron chi connectivity index (χ0n) is 20.5. The summed E-state index contributed by atoms with van der Waals surface area (Å²) in [7, 11) is 1.28. The lowest BCUT2D eigenvalue weighted by molar-refractivity contribution is -0.151. The van der Waals surface area contributed by atoms with Crippen LogP contribution in [0.5, 0.6) is 5.75 Å². The van der Waals surface area contributed by atoms with Gasteiger partial charge in [0.1, 0.15) is 23.9 Å². The summed E-state index contributed by atoms with van der Waals surface area (Å²) in [6.45, 7) is 7.45. The van der Waals surface area contributed by atoms with Crippen LogP contribution in [-0.2, 0) is 30.3 Å². The molecule has 34 heavy (non-hydrogen) atoms. The molecule has 1 aromatic carbocycles. The summed E-state index contributed by atoms with van der Waals surface area (Å²) in [4.78, 5) is 50.8. The smallest absolute Gasteiger partial charge is 0.324 e. The van der Waals surface area contributed by atoms with Crippen molar-refractivity contribution in [3.05, 3.63) is 29.8 Å². The summed E-state index contributed by atoms with van der Waals surface area (Å²) >= 11 is 0. The van der Waals surface area contributed by atoms with Gasteiger partial charge in [0.2, 0.25) is 11.8 Å². The molecule has 4 N–H and O–H groups in total. The number of nitrogens with zero attached hydrogens (tertiary/aromatic N) is 1. The Labute approximate surface area is 200 Å². The quantitative estimate of drug-likeness (QED) is 0.388. The number of nitrogens with one attached hydrogen (secondary N) is 3. The number of hydrogen-bond acceptors (Lipinski definition) is 7. The highest BCUT2D eigenvalue weighted by atomic mass is 16.5. The maximum Gasteiger partial charge on any atom is 0.324 e. The number of hydrazine groups is 1. The number of carbonyl (C=O) groups is 4. The van der Waals surface area contributed by atoms with Gasteiger partial charge in [-0.05, 0) is 36.5 Å². The van der Waals surface area contributed by atoms with E-state index in [9.17, 15) is 24.3 Å². The van der Waals surface area contributed by atoms with Gasteiger partial charge in [-0.15, -0.1) is 0 Å². The number of rotatable bonds is 9. The van der Waals surface area contributed by atoms with Gasteiger partial charge >= 0.3 is 5.97 Å². The van der Waals surface area contributed by atoms with E-state index in [1.54, 1.807) is 26.0 Å². The van der Waals surface area contributed by atoms with E-state index in [2.05, 4.69) is 16.1 Å². The SMILES string of the molecule is COC(=O)C1CCCN(C(=O)[C@H](Cc2cccc(O)c2)NC(=O)C(NC(=O)C(C)C)C(C)C)N1. The van der Waals surface area contributed by atoms with E-state index in [1.807, 2.05) is 13.8 Å². The number of phenolic OH excluding ortho intramolecular Hbond substituents is 1. The molecule has 1 fully saturated rings. The molecule has 3 amide bonds. The van der Waals surface area contributed by atoms with Crippen LogP contribution in [0.25, 0.3) is 0 Å². The molecule has 0 spiro atoms. The second-order valence-corrected chi connectivity index (χ2v) is 9.16. The molecule has 10 nitrogen and oxygen atoms in total. The highest BCUT2D eigenvalue weighted by Crippen LogP contribution is 2.16. The molecule has 0 bridgehead atoms. The molecule has 0 aromatic heterocycles. The summed E-state index contributed by atoms with van der Waals surface area (Å²) in [5, 5.41) is 16.7. The molecule has 1 heterocycles. The van der Waals surface area contributed by atoms with Gasteiger partial charge in [0.05, 0.1) is 7.11 Å². The fourth-order valence-electron chi connectivity index (χ4n) is 3.68. The molecule has 188 valence electrons. The number of carbonyl (C=O) groups excluding carboxylic acids is 4. The van der Waals surface area contributed by atoms with Crippen LogP contribution >= 0.6 is 0 Å². The first-order chi connectivity index (χ1) is 16.0. The zero-order chi connectivity index (χ0) is 25.4. The third kappa shape index (κ3) is 7.44. The van der Waals surface area contributed by atoms with E-state index in [1.165, 1.54) is 24.3 Å². The van der Waals surface area contributed by atoms with Gasteiger partial charge in [-0.1, -0.05) is 39.8 Å². The number of aromatic hydroxyl groups is 1. The standard InChI is InChI=1S/C24H36N4O6/c1-14(2)20(26-21(30)15(3)4)22(31)25-19(13-16-8-6-9-17(29)12-16)23(32)28-11-7-10-18(27-28)24(33)34-5/h6,8-9,12,14-15,18-20,27,29H,7,10-11,13H2,1-5H3,(H,25,31)(H,26,30)/t18?,19-,20?/m0/s1. The minimum atomic E-state index is -0.990. The number of phenols is 1. The van der Waals surface area contributed by atoms with Crippen molar-refractivity contribution in [3.63, 3.8) is 0 Å². The van der Waals surface area contributed by atoms with Gasteiger partial charge < -0.3 is 20.5 Å². The van der Waals surface area contributed by atoms with Crippen LogP contribution in [0.1, 0.15) is 46.1 Å². The minimum absolute atomic E-state index is 0.0427. The van der Waals surface area contributed by atoms with Crippen molar-refractivity contribution in [1.29, 1.82) is 0 Å². The number of esters is 1. The molecule has 0 radical (unpaired) electrons. The van der Waals surface area contributed by atoms with Crippen LogP contribution in [0.4, 0.5) is 0 Å². The molecule has 2 unspecified atom stereocenters. The maximum absolute atomic E-state index is 13.4. The average molecular weight is 477 g/mol. The fourth-order valence-corrected chi connectivity index (χ4v) is 3.68. The monoisotopic (exact) mass is 476 g/mol. The van der Waals surface area contributed by atoms with Crippen LogP contribution in [0.15, 0.2) is 24.3 Å². The summed E-state index contributed by atoms with van der Waals surface area (Å²) in [6, 6.07) is 3.96. The molecular weight excluding hydrogens is 440 g/mol. The van der Waals surface area contributed by atoms with Crippen molar-refractivity contribution in [3.8, 4) is 5.75 Å². The third-order valence-electron chi connectivity index (χ3n) is 5.67. The Hall–Kier alpha value is -3.14. The van der Waals surface area contributed by atoms with Crippen LogP contribution in [0.3, 0.4) is 0 Å². The maximum atomic E-state index is 13.4. The Balaban J connectivity index is 2.26. The first kappa shape index (κ1) is 27.1. The van der Waals surface area contributed by atoms with E-state index in [4.69, 9.17) is 4.74 Å². The van der Waals surface area contributed by atoms with Crippen LogP contribution in [-0.4, -0.2) is 65.6 Å². The number of methoxy groups -OCH3 is 1. The topological polar surface area (TPSA) is 137 Å². The highest BCUT2D eigenvalue weighted by Gasteiger charge is 2.35. The first-order valence-electron chi connectivity index (χ1n) is 11.6. The Morgan fingerprint density at radius 3 is 2.44 bits per heavy atom. The van der Waals surface area contributed by atoms with Crippen molar-refractivity contribution in [2.24, 2.45) is 11.8 Å². The molecular formula is C24H36N4O6. The largest absolute Gasteiger partial charge is 0.508 e. The Bertz CT molecular complexity index is 888. The van der Waals surface area contributed by atoms with Gasteiger partial charge in [-0.25, -0.2) is 5.43 Å². The molecule has 1 saturated heterocycles. The van der Waals surface area contributed by atoms with Crippen molar-refractivity contribution in [2.45, 2.75) is 65.1 Å². The molecule has 2 rings (SSSR count). The molecule has 1 aliphatic heterocycles. The zero-order valence-corrected chi connectivity index (χ0v) is 20.5. The Morgan fingerprint density at radius 1 is 1.15 bits per heavy atom. The van der Waals surface area contributed by atoms with Crippen molar-refractivity contribution >= 4 is 23.7 Å². The summed E-state index contributed by atoms with van der Waals surface area (Å²) in [6.07, 6.45) is 1.23. The molecule has 1 aromatic rings. The lowest BCUT2D eigenvalue weighted by atomic mass is 9.99. The molecule has 0 aliphatic carbocycles. The highest BCUT2D eigenvalue weighted by molar-refractivity contribution is 5.92. The normalized spacial score (nSPS) is 17.7. The predicted molar refractivity (Wildman–Crippen MR) is 125 cm³/mol. The number of benzene rings is 1. The second-order valence-electron chi connectivity index (χ2n) is 9.16. The average Bonchev–Trinajstić information content (AvgIpc) is 2.80. The van der Waals surface area contributed by atoms with Crippen molar-refractivity contribution < 1.29 is 29.0 Å². The van der Waals surface area contributed by atoms with Gasteiger partial charge in [0.15, 0.2) is 0 Å².